The molecule has 1 rings (SSSR count). The Bertz CT molecular complexity index is 471. The van der Waals surface area contributed by atoms with Crippen molar-refractivity contribution in [3.05, 3.63) is 33.4 Å². The Balaban J connectivity index is 3.34. The van der Waals surface area contributed by atoms with E-state index in [0.717, 1.165) is 18.4 Å². The second-order valence-corrected chi connectivity index (χ2v) is 3.96. The average Bonchev–Trinajstić information content (AvgIpc) is 2.34. The number of unbranched alkanes of at least 4 members (excludes halogenated alkanes) is 1. The lowest BCUT2D eigenvalue weighted by molar-refractivity contribution is -0.384. The summed E-state index contributed by atoms with van der Waals surface area (Å²) in [6.07, 6.45) is 2.61. The lowest BCUT2D eigenvalue weighted by atomic mass is 10.0. The third-order valence-corrected chi connectivity index (χ3v) is 2.67. The maximum absolute atomic E-state index is 11.1. The molecule has 2 N–H and O–H groups in total. The van der Waals surface area contributed by atoms with Gasteiger partial charge in [0.1, 0.15) is 11.3 Å². The van der Waals surface area contributed by atoms with E-state index in [1.807, 2.05) is 6.92 Å². The van der Waals surface area contributed by atoms with Gasteiger partial charge in [0.25, 0.3) is 0 Å². The van der Waals surface area contributed by atoms with Gasteiger partial charge in [0.2, 0.25) is 0 Å². The molecule has 0 unspecified atom stereocenters. The molecule has 0 saturated carbocycles. The molecule has 0 aliphatic rings. The lowest BCUT2D eigenvalue weighted by Gasteiger charge is -2.08. The Morgan fingerprint density at radius 2 is 2.17 bits per heavy atom. The van der Waals surface area contributed by atoms with Crippen LogP contribution in [0.4, 0.5) is 11.4 Å². The molecule has 1 aromatic rings. The van der Waals surface area contributed by atoms with Gasteiger partial charge in [-0.1, -0.05) is 13.3 Å². The molecule has 0 aliphatic heterocycles. The monoisotopic (exact) mass is 252 g/mol. The van der Waals surface area contributed by atoms with Crippen LogP contribution in [0.15, 0.2) is 12.1 Å². The molecule has 6 heteroatoms. The van der Waals surface area contributed by atoms with Crippen LogP contribution >= 0.6 is 0 Å². The number of benzene rings is 1. The number of nitrogens with zero attached hydrogens (tertiary/aromatic N) is 1. The van der Waals surface area contributed by atoms with Crippen molar-refractivity contribution in [1.82, 2.24) is 0 Å². The van der Waals surface area contributed by atoms with Gasteiger partial charge in [0.05, 0.1) is 4.92 Å². The van der Waals surface area contributed by atoms with E-state index in [2.05, 4.69) is 5.32 Å². The summed E-state index contributed by atoms with van der Waals surface area (Å²) in [7, 11) is 1.54. The predicted octanol–water partition coefficient (Wildman–Crippen LogP) is 2.68. The van der Waals surface area contributed by atoms with E-state index in [1.165, 1.54) is 13.1 Å². The van der Waals surface area contributed by atoms with Crippen molar-refractivity contribution in [2.45, 2.75) is 26.2 Å². The average molecular weight is 252 g/mol. The van der Waals surface area contributed by atoms with E-state index in [-0.39, 0.29) is 16.9 Å². The van der Waals surface area contributed by atoms with Gasteiger partial charge in [0, 0.05) is 7.05 Å². The number of carboxylic acid groups (broad SMARTS) is 1. The molecule has 0 spiro atoms. The van der Waals surface area contributed by atoms with Crippen LogP contribution in [0.25, 0.3) is 0 Å². The highest BCUT2D eigenvalue weighted by atomic mass is 16.6. The van der Waals surface area contributed by atoms with E-state index in [1.54, 1.807) is 6.07 Å². The van der Waals surface area contributed by atoms with Gasteiger partial charge in [0.15, 0.2) is 0 Å². The largest absolute Gasteiger partial charge is 0.477 e. The van der Waals surface area contributed by atoms with Crippen molar-refractivity contribution in [3.8, 4) is 0 Å². The van der Waals surface area contributed by atoms with Crippen LogP contribution in [0.3, 0.4) is 0 Å². The smallest absolute Gasteiger partial charge is 0.342 e. The number of hydrogen-bond donors (Lipinski definition) is 2. The van der Waals surface area contributed by atoms with Crippen molar-refractivity contribution < 1.29 is 14.8 Å². The molecule has 0 saturated heterocycles. The first-order chi connectivity index (χ1) is 8.51. The number of carboxylic acids is 1. The minimum Gasteiger partial charge on any atom is -0.477 e. The molecule has 0 bridgehead atoms. The Hall–Kier alpha value is -2.11. The number of rotatable bonds is 6. The summed E-state index contributed by atoms with van der Waals surface area (Å²) in [4.78, 5) is 21.4. The highest BCUT2D eigenvalue weighted by Gasteiger charge is 2.25. The highest BCUT2D eigenvalue weighted by Crippen LogP contribution is 2.30. The van der Waals surface area contributed by atoms with Gasteiger partial charge in [-0.05, 0) is 30.5 Å². The molecule has 0 aromatic heterocycles. The summed E-state index contributed by atoms with van der Waals surface area (Å²) in [5.74, 6) is -1.28. The maximum atomic E-state index is 11.1. The van der Waals surface area contributed by atoms with E-state index in [4.69, 9.17) is 5.11 Å². The van der Waals surface area contributed by atoms with Gasteiger partial charge in [-0.2, -0.15) is 0 Å². The Morgan fingerprint density at radius 3 is 2.61 bits per heavy atom. The first kappa shape index (κ1) is 14.0. The quantitative estimate of drug-likeness (QED) is 0.599. The zero-order chi connectivity index (χ0) is 13.7. The SMILES string of the molecule is CCCCc1cc(NC)c([N+](=O)[O-])c(C(=O)O)c1. The zero-order valence-corrected chi connectivity index (χ0v) is 10.4. The van der Waals surface area contributed by atoms with Crippen LogP contribution in [-0.2, 0) is 6.42 Å². The standard InChI is InChI=1S/C12H16N2O4/c1-3-4-5-8-6-9(12(15)16)11(14(17)18)10(7-8)13-2/h6-7,13H,3-5H2,1-2H3,(H,15,16). The van der Waals surface area contributed by atoms with Crippen LogP contribution in [-0.4, -0.2) is 23.0 Å². The number of nitrogens with one attached hydrogen (secondary N) is 1. The fraction of sp³-hybridized carbons (Fsp3) is 0.417. The molecule has 6 nitrogen and oxygen atoms in total. The molecule has 1 aromatic carbocycles. The van der Waals surface area contributed by atoms with Crippen LogP contribution < -0.4 is 5.32 Å². The van der Waals surface area contributed by atoms with E-state index in [9.17, 15) is 14.9 Å². The molecular weight excluding hydrogens is 236 g/mol. The number of hydrogen-bond acceptors (Lipinski definition) is 4. The fourth-order valence-corrected chi connectivity index (χ4v) is 1.77. The van der Waals surface area contributed by atoms with E-state index in [0.29, 0.717) is 6.42 Å². The molecule has 0 fully saturated rings. The minimum absolute atomic E-state index is 0.242. The van der Waals surface area contributed by atoms with Crippen molar-refractivity contribution in [2.24, 2.45) is 0 Å². The molecule has 0 radical (unpaired) electrons. The van der Waals surface area contributed by atoms with E-state index >= 15 is 0 Å². The van der Waals surface area contributed by atoms with Gasteiger partial charge in [-0.25, -0.2) is 4.79 Å². The minimum atomic E-state index is -1.28. The Kier molecular flexibility index (Phi) is 4.65. The first-order valence-electron chi connectivity index (χ1n) is 5.73. The third-order valence-electron chi connectivity index (χ3n) is 2.67. The summed E-state index contributed by atoms with van der Waals surface area (Å²) in [6, 6.07) is 3.02. The summed E-state index contributed by atoms with van der Waals surface area (Å²) in [5, 5.41) is 22.7. The third kappa shape index (κ3) is 2.97. The van der Waals surface area contributed by atoms with Gasteiger partial charge < -0.3 is 10.4 Å². The molecule has 0 heterocycles. The van der Waals surface area contributed by atoms with Crippen molar-refractivity contribution >= 4 is 17.3 Å². The van der Waals surface area contributed by atoms with Crippen LogP contribution in [0.5, 0.6) is 0 Å². The predicted molar refractivity (Wildman–Crippen MR) is 68.2 cm³/mol. The zero-order valence-electron chi connectivity index (χ0n) is 10.4. The fourth-order valence-electron chi connectivity index (χ4n) is 1.77. The molecule has 18 heavy (non-hydrogen) atoms. The Morgan fingerprint density at radius 1 is 1.50 bits per heavy atom. The summed E-state index contributed by atoms with van der Waals surface area (Å²) < 4.78 is 0. The summed E-state index contributed by atoms with van der Waals surface area (Å²) >= 11 is 0. The summed E-state index contributed by atoms with van der Waals surface area (Å²) in [6.45, 7) is 2.03. The number of anilines is 1. The van der Waals surface area contributed by atoms with Crippen molar-refractivity contribution in [1.29, 1.82) is 0 Å². The molecule has 0 amide bonds. The van der Waals surface area contributed by atoms with Crippen molar-refractivity contribution in [2.75, 3.05) is 12.4 Å². The molecule has 0 aliphatic carbocycles. The number of aromatic carboxylic acids is 1. The first-order valence-corrected chi connectivity index (χ1v) is 5.73. The molecule has 98 valence electrons. The van der Waals surface area contributed by atoms with E-state index < -0.39 is 10.9 Å². The van der Waals surface area contributed by atoms with Gasteiger partial charge in [-0.3, -0.25) is 10.1 Å². The second kappa shape index (κ2) is 6.00. The topological polar surface area (TPSA) is 92.5 Å². The normalized spacial score (nSPS) is 10.1. The molecular formula is C12H16N2O4. The number of carbonyl (C=O) groups is 1. The number of nitro groups is 1. The van der Waals surface area contributed by atoms with Gasteiger partial charge in [-0.15, -0.1) is 0 Å². The molecule has 0 atom stereocenters. The second-order valence-electron chi connectivity index (χ2n) is 3.96. The number of nitro benzene ring substituents is 1. The van der Waals surface area contributed by atoms with Gasteiger partial charge >= 0.3 is 11.7 Å². The number of aryl methyl sites for hydroxylation is 1. The van der Waals surface area contributed by atoms with Crippen LogP contribution in [0.1, 0.15) is 35.7 Å². The Labute approximate surface area is 105 Å². The lowest BCUT2D eigenvalue weighted by Crippen LogP contribution is -2.07. The van der Waals surface area contributed by atoms with Crippen LogP contribution in [0, 0.1) is 10.1 Å². The van der Waals surface area contributed by atoms with Crippen molar-refractivity contribution in [3.63, 3.8) is 0 Å². The highest BCUT2D eigenvalue weighted by molar-refractivity contribution is 5.95. The summed E-state index contributed by atoms with van der Waals surface area (Å²) in [5.41, 5.74) is 0.387. The maximum Gasteiger partial charge on any atom is 0.342 e. The van der Waals surface area contributed by atoms with Crippen LogP contribution in [0.2, 0.25) is 0 Å².